The molecular weight excluding hydrogens is 138 g/mol. The SMILES string of the molecule is [CH2]C(C)CNC(=O)CCCC. The molecule has 0 saturated heterocycles. The first-order valence-electron chi connectivity index (χ1n) is 4.26. The van der Waals surface area contributed by atoms with Gasteiger partial charge < -0.3 is 5.32 Å². The Bertz CT molecular complexity index is 110. The van der Waals surface area contributed by atoms with Gasteiger partial charge in [0.05, 0.1) is 0 Å². The average molecular weight is 156 g/mol. The second kappa shape index (κ2) is 6.20. The summed E-state index contributed by atoms with van der Waals surface area (Å²) in [5.74, 6) is 0.461. The predicted octanol–water partition coefficient (Wildman–Crippen LogP) is 1.76. The van der Waals surface area contributed by atoms with E-state index in [9.17, 15) is 4.79 Å². The second-order valence-corrected chi connectivity index (χ2v) is 3.01. The maximum Gasteiger partial charge on any atom is 0.220 e. The van der Waals surface area contributed by atoms with Crippen LogP contribution in [0.5, 0.6) is 0 Å². The lowest BCUT2D eigenvalue weighted by Crippen LogP contribution is -2.26. The molecule has 0 aliphatic rings. The van der Waals surface area contributed by atoms with E-state index in [4.69, 9.17) is 0 Å². The molecule has 0 spiro atoms. The van der Waals surface area contributed by atoms with E-state index in [1.165, 1.54) is 0 Å². The van der Waals surface area contributed by atoms with Crippen LogP contribution in [-0.4, -0.2) is 12.5 Å². The molecule has 2 heteroatoms. The van der Waals surface area contributed by atoms with Crippen molar-refractivity contribution in [3.8, 4) is 0 Å². The molecule has 1 atom stereocenters. The van der Waals surface area contributed by atoms with Crippen molar-refractivity contribution < 1.29 is 4.79 Å². The number of hydrogen-bond donors (Lipinski definition) is 1. The lowest BCUT2D eigenvalue weighted by atomic mass is 10.2. The average Bonchev–Trinajstić information content (AvgIpc) is 1.97. The van der Waals surface area contributed by atoms with E-state index >= 15 is 0 Å². The van der Waals surface area contributed by atoms with Crippen molar-refractivity contribution >= 4 is 5.91 Å². The molecule has 0 aromatic heterocycles. The van der Waals surface area contributed by atoms with E-state index in [1.807, 2.05) is 6.92 Å². The molecule has 0 aliphatic heterocycles. The molecule has 65 valence electrons. The highest BCUT2D eigenvalue weighted by Gasteiger charge is 1.99. The minimum Gasteiger partial charge on any atom is -0.356 e. The molecule has 0 saturated carbocycles. The fourth-order valence-corrected chi connectivity index (χ4v) is 0.714. The first-order chi connectivity index (χ1) is 5.16. The Morgan fingerprint density at radius 1 is 1.64 bits per heavy atom. The van der Waals surface area contributed by atoms with Crippen molar-refractivity contribution in [2.24, 2.45) is 5.92 Å². The first-order valence-corrected chi connectivity index (χ1v) is 4.26. The number of rotatable bonds is 5. The number of hydrogen-bond acceptors (Lipinski definition) is 1. The van der Waals surface area contributed by atoms with Crippen LogP contribution in [0.15, 0.2) is 0 Å². The van der Waals surface area contributed by atoms with Crippen LogP contribution in [0.4, 0.5) is 0 Å². The van der Waals surface area contributed by atoms with Gasteiger partial charge in [0.15, 0.2) is 0 Å². The zero-order valence-electron chi connectivity index (χ0n) is 7.52. The maximum absolute atomic E-state index is 11.0. The van der Waals surface area contributed by atoms with Gasteiger partial charge in [0.2, 0.25) is 5.91 Å². The molecule has 0 heterocycles. The van der Waals surface area contributed by atoms with E-state index in [2.05, 4.69) is 19.2 Å². The number of nitrogens with one attached hydrogen (secondary N) is 1. The molecule has 0 bridgehead atoms. The van der Waals surface area contributed by atoms with Crippen LogP contribution in [0.2, 0.25) is 0 Å². The molecule has 11 heavy (non-hydrogen) atoms. The van der Waals surface area contributed by atoms with Gasteiger partial charge in [-0.15, -0.1) is 0 Å². The zero-order chi connectivity index (χ0) is 8.69. The molecule has 0 rings (SSSR count). The Morgan fingerprint density at radius 2 is 2.27 bits per heavy atom. The van der Waals surface area contributed by atoms with Crippen LogP contribution >= 0.6 is 0 Å². The van der Waals surface area contributed by atoms with E-state index in [0.29, 0.717) is 18.9 Å². The van der Waals surface area contributed by atoms with Gasteiger partial charge in [-0.3, -0.25) is 4.79 Å². The van der Waals surface area contributed by atoms with Crippen LogP contribution in [0.3, 0.4) is 0 Å². The van der Waals surface area contributed by atoms with Crippen LogP contribution in [0.25, 0.3) is 0 Å². The topological polar surface area (TPSA) is 29.1 Å². The van der Waals surface area contributed by atoms with Gasteiger partial charge in [-0.1, -0.05) is 20.3 Å². The van der Waals surface area contributed by atoms with Crippen LogP contribution in [-0.2, 0) is 4.79 Å². The first kappa shape index (κ1) is 10.5. The quantitative estimate of drug-likeness (QED) is 0.645. The van der Waals surface area contributed by atoms with Gasteiger partial charge in [-0.25, -0.2) is 0 Å². The second-order valence-electron chi connectivity index (χ2n) is 3.01. The predicted molar refractivity (Wildman–Crippen MR) is 47.1 cm³/mol. The molecule has 1 amide bonds. The van der Waals surface area contributed by atoms with Gasteiger partial charge in [0.25, 0.3) is 0 Å². The van der Waals surface area contributed by atoms with E-state index in [0.717, 1.165) is 12.8 Å². The van der Waals surface area contributed by atoms with E-state index in [-0.39, 0.29) is 5.91 Å². The van der Waals surface area contributed by atoms with Gasteiger partial charge in [0.1, 0.15) is 0 Å². The smallest absolute Gasteiger partial charge is 0.220 e. The molecule has 0 fully saturated rings. The summed E-state index contributed by atoms with van der Waals surface area (Å²) in [4.78, 5) is 11.0. The van der Waals surface area contributed by atoms with Crippen molar-refractivity contribution in [2.75, 3.05) is 6.54 Å². The highest BCUT2D eigenvalue weighted by Crippen LogP contribution is 1.94. The third-order valence-electron chi connectivity index (χ3n) is 1.41. The Balaban J connectivity index is 3.23. The van der Waals surface area contributed by atoms with E-state index < -0.39 is 0 Å². The van der Waals surface area contributed by atoms with Crippen molar-refractivity contribution in [1.29, 1.82) is 0 Å². The zero-order valence-corrected chi connectivity index (χ0v) is 7.52. The molecule has 2 nitrogen and oxygen atoms in total. The van der Waals surface area contributed by atoms with E-state index in [1.54, 1.807) is 0 Å². The third-order valence-corrected chi connectivity index (χ3v) is 1.41. The minimum absolute atomic E-state index is 0.155. The summed E-state index contributed by atoms with van der Waals surface area (Å²) >= 11 is 0. The molecule has 1 N–H and O–H groups in total. The van der Waals surface area contributed by atoms with Crippen molar-refractivity contribution in [2.45, 2.75) is 33.1 Å². The largest absolute Gasteiger partial charge is 0.356 e. The molecule has 1 unspecified atom stereocenters. The fraction of sp³-hybridized carbons (Fsp3) is 0.778. The lowest BCUT2D eigenvalue weighted by molar-refractivity contribution is -0.121. The summed E-state index contributed by atoms with van der Waals surface area (Å²) in [5, 5.41) is 2.82. The third kappa shape index (κ3) is 7.37. The van der Waals surface area contributed by atoms with Gasteiger partial charge >= 0.3 is 0 Å². The summed E-state index contributed by atoms with van der Waals surface area (Å²) in [5.41, 5.74) is 0. The highest BCUT2D eigenvalue weighted by atomic mass is 16.1. The molecule has 0 aromatic carbocycles. The fourth-order valence-electron chi connectivity index (χ4n) is 0.714. The van der Waals surface area contributed by atoms with Gasteiger partial charge in [0, 0.05) is 13.0 Å². The molecule has 1 radical (unpaired) electrons. The summed E-state index contributed by atoms with van der Waals surface area (Å²) < 4.78 is 0. The lowest BCUT2D eigenvalue weighted by Gasteiger charge is -2.06. The number of carbonyl (C=O) groups is 1. The molecule has 0 aliphatic carbocycles. The van der Waals surface area contributed by atoms with Crippen molar-refractivity contribution in [3.05, 3.63) is 6.92 Å². The van der Waals surface area contributed by atoms with Gasteiger partial charge in [-0.2, -0.15) is 0 Å². The Hall–Kier alpha value is -0.530. The maximum atomic E-state index is 11.0. The number of unbranched alkanes of at least 4 members (excludes halogenated alkanes) is 1. The standard InChI is InChI=1S/C9H18NO/c1-4-5-6-9(11)10-7-8(2)3/h8H,2,4-7H2,1,3H3,(H,10,11). The summed E-state index contributed by atoms with van der Waals surface area (Å²) in [6.45, 7) is 8.54. The highest BCUT2D eigenvalue weighted by molar-refractivity contribution is 5.75. The summed E-state index contributed by atoms with van der Waals surface area (Å²) in [7, 11) is 0. The summed E-state index contributed by atoms with van der Waals surface area (Å²) in [6.07, 6.45) is 2.72. The Morgan fingerprint density at radius 3 is 2.73 bits per heavy atom. The number of carbonyl (C=O) groups excluding carboxylic acids is 1. The van der Waals surface area contributed by atoms with Crippen molar-refractivity contribution in [1.82, 2.24) is 5.32 Å². The summed E-state index contributed by atoms with van der Waals surface area (Å²) in [6, 6.07) is 0. The normalized spacial score (nSPS) is 10.2. The number of amides is 1. The van der Waals surface area contributed by atoms with Crippen molar-refractivity contribution in [3.63, 3.8) is 0 Å². The monoisotopic (exact) mass is 156 g/mol. The molecular formula is C9H18NO. The van der Waals surface area contributed by atoms with Crippen LogP contribution < -0.4 is 5.32 Å². The van der Waals surface area contributed by atoms with Crippen LogP contribution in [0, 0.1) is 12.8 Å². The minimum atomic E-state index is 0.155. The van der Waals surface area contributed by atoms with Gasteiger partial charge in [-0.05, 0) is 19.3 Å². The molecule has 0 aromatic rings. The Kier molecular flexibility index (Phi) is 5.90. The Labute approximate surface area is 69.4 Å². The van der Waals surface area contributed by atoms with Crippen LogP contribution in [0.1, 0.15) is 33.1 Å².